The Kier molecular flexibility index (Phi) is 9.81. The second-order valence-corrected chi connectivity index (χ2v) is 17.4. The van der Waals surface area contributed by atoms with Gasteiger partial charge in [0.25, 0.3) is 11.8 Å². The number of methoxy groups -OCH3 is 1. The molecule has 14 heteroatoms. The first kappa shape index (κ1) is 37.9. The number of fused-ring (bicyclic) bond motifs is 8. The van der Waals surface area contributed by atoms with Crippen LogP contribution in [-0.2, 0) is 38.4 Å². The lowest BCUT2D eigenvalue weighted by atomic mass is 9.83. The molecule has 0 spiro atoms. The van der Waals surface area contributed by atoms with Crippen molar-refractivity contribution >= 4 is 39.8 Å². The summed E-state index contributed by atoms with van der Waals surface area (Å²) in [6, 6.07) is 10.7. The number of alkyl halides is 2. The number of thiazole rings is 1. The second kappa shape index (κ2) is 14.2. The van der Waals surface area contributed by atoms with Gasteiger partial charge in [-0.15, -0.1) is 11.3 Å². The molecule has 1 saturated carbocycles. The summed E-state index contributed by atoms with van der Waals surface area (Å²) in [5.41, 5.74) is 16.8. The molecule has 5 atom stereocenters. The van der Waals surface area contributed by atoms with E-state index < -0.39 is 47.1 Å². The van der Waals surface area contributed by atoms with Gasteiger partial charge in [-0.2, -0.15) is 0 Å². The maximum absolute atomic E-state index is 15.1. The maximum Gasteiger partial charge on any atom is 0.325 e. The van der Waals surface area contributed by atoms with Crippen LogP contribution in [0.3, 0.4) is 0 Å². The van der Waals surface area contributed by atoms with Crippen molar-refractivity contribution in [1.82, 2.24) is 24.9 Å². The number of aromatic nitrogens is 2. The normalized spacial score (nSPS) is 26.1. The number of nitrogens with zero attached hydrogens (tertiary/aromatic N) is 5. The fraction of sp³-hybridized carbons (Fsp3) is 0.537. The number of anilines is 1. The lowest BCUT2D eigenvalue weighted by Crippen LogP contribution is -2.60. The zero-order valence-electron chi connectivity index (χ0n) is 32.4. The molecule has 2 aromatic carbocycles. The monoisotopic (exact) mass is 775 g/mol. The van der Waals surface area contributed by atoms with Crippen LogP contribution in [0.4, 0.5) is 14.5 Å². The van der Waals surface area contributed by atoms with E-state index in [-0.39, 0.29) is 25.7 Å². The van der Waals surface area contributed by atoms with Crippen LogP contribution in [0, 0.1) is 17.3 Å². The number of amides is 1. The van der Waals surface area contributed by atoms with Crippen molar-refractivity contribution in [3.8, 4) is 22.5 Å². The highest BCUT2D eigenvalue weighted by Gasteiger charge is 2.75. The molecule has 2 unspecified atom stereocenters. The quantitative estimate of drug-likeness (QED) is 0.254. The Morgan fingerprint density at radius 1 is 1.13 bits per heavy atom. The van der Waals surface area contributed by atoms with Gasteiger partial charge in [-0.1, -0.05) is 26.0 Å². The van der Waals surface area contributed by atoms with E-state index in [1.54, 1.807) is 7.11 Å². The van der Waals surface area contributed by atoms with E-state index in [4.69, 9.17) is 20.2 Å². The molecule has 11 nitrogen and oxygen atoms in total. The number of esters is 1. The van der Waals surface area contributed by atoms with Crippen molar-refractivity contribution in [2.24, 2.45) is 23.0 Å². The minimum Gasteiger partial charge on any atom is -0.464 e. The van der Waals surface area contributed by atoms with E-state index in [9.17, 15) is 9.59 Å². The van der Waals surface area contributed by atoms with Crippen molar-refractivity contribution in [2.75, 3.05) is 58.4 Å². The first-order chi connectivity index (χ1) is 26.2. The molecule has 4 aliphatic rings. The molecule has 2 aromatic heterocycles. The smallest absolute Gasteiger partial charge is 0.325 e. The third-order valence-corrected chi connectivity index (χ3v) is 12.9. The van der Waals surface area contributed by atoms with Crippen LogP contribution in [0.1, 0.15) is 49.9 Å². The van der Waals surface area contributed by atoms with Gasteiger partial charge in [0, 0.05) is 91.3 Å². The molecule has 2 saturated heterocycles. The first-order valence-electron chi connectivity index (χ1n) is 19.3. The van der Waals surface area contributed by atoms with Crippen molar-refractivity contribution in [3.63, 3.8) is 0 Å². The number of aryl methyl sites for hydroxylation is 1. The fourth-order valence-electron chi connectivity index (χ4n) is 8.75. The van der Waals surface area contributed by atoms with E-state index in [2.05, 4.69) is 77.1 Å². The first-order valence-corrected chi connectivity index (χ1v) is 20.2. The van der Waals surface area contributed by atoms with Crippen LogP contribution < -0.4 is 16.1 Å². The summed E-state index contributed by atoms with van der Waals surface area (Å²) in [6.45, 7) is 12.6. The molecule has 1 amide bonds. The maximum atomic E-state index is 15.1. The van der Waals surface area contributed by atoms with E-state index in [0.717, 1.165) is 81.4 Å². The fourth-order valence-corrected chi connectivity index (χ4v) is 9.61. The number of piperazine rings is 1. The van der Waals surface area contributed by atoms with Crippen LogP contribution in [-0.4, -0.2) is 103 Å². The molecule has 8 rings (SSSR count). The molecule has 5 heterocycles. The van der Waals surface area contributed by atoms with Gasteiger partial charge in [-0.25, -0.2) is 19.2 Å². The number of cyclic esters (lactones) is 1. The zero-order chi connectivity index (χ0) is 39.0. The summed E-state index contributed by atoms with van der Waals surface area (Å²) in [6.07, 6.45) is 0.461. The summed E-state index contributed by atoms with van der Waals surface area (Å²) in [5.74, 6) is -6.86. The van der Waals surface area contributed by atoms with Crippen LogP contribution >= 0.6 is 11.3 Å². The zero-order valence-corrected chi connectivity index (χ0v) is 33.2. The van der Waals surface area contributed by atoms with Crippen LogP contribution in [0.25, 0.3) is 33.4 Å². The van der Waals surface area contributed by atoms with Gasteiger partial charge in [0.05, 0.1) is 47.0 Å². The summed E-state index contributed by atoms with van der Waals surface area (Å²) in [5, 5.41) is 4.78. The van der Waals surface area contributed by atoms with Crippen molar-refractivity contribution < 1.29 is 27.8 Å². The number of carbonyl (C=O) groups is 2. The average Bonchev–Trinajstić information content (AvgIpc) is 3.44. The molecular weight excluding hydrogens is 725 g/mol. The molecule has 4 aromatic rings. The lowest BCUT2D eigenvalue weighted by Gasteiger charge is -2.35. The van der Waals surface area contributed by atoms with Crippen molar-refractivity contribution in [1.29, 1.82) is 0 Å². The molecule has 1 aliphatic carbocycles. The van der Waals surface area contributed by atoms with Gasteiger partial charge in [-0.3, -0.25) is 14.6 Å². The number of benzene rings is 2. The number of hydrogen-bond acceptors (Lipinski definition) is 10. The Balaban J connectivity index is 1.28. The average molecular weight is 776 g/mol. The summed E-state index contributed by atoms with van der Waals surface area (Å²) in [4.78, 5) is 36.9. The van der Waals surface area contributed by atoms with Crippen molar-refractivity contribution in [2.45, 2.75) is 71.2 Å². The number of nitrogens with two attached hydrogens (primary N) is 1. The van der Waals surface area contributed by atoms with Gasteiger partial charge < -0.3 is 29.6 Å². The Bertz CT molecular complexity index is 2130. The standard InChI is InChI=1S/C41H51F2N7O4S/c1-7-49-33-11-8-24-16-27(33)29(37(49)28-17-25(9-10-26(28)23(2)53-6)48-14-12-47(5)13-15-48)19-40(3,4)22-54-39(52)36-35-30(41(35,42)43)20-50(46-36)38(51)31(44)18-34-45-32(24)21-55-34/h8-11,16-17,21,23,30-31,35-36,46H,7,12-15,18-20,22,44H2,1-6H3/t23-,30?,31-,35?,36-/m0/s1. The number of halogens is 2. The Labute approximate surface area is 324 Å². The number of likely N-dealkylation sites (N-methyl/N-ethyl adjacent to an activating group) is 1. The third kappa shape index (κ3) is 6.83. The highest BCUT2D eigenvalue weighted by atomic mass is 32.1. The minimum atomic E-state index is -3.10. The number of carbonyl (C=O) groups excluding carboxylic acids is 2. The molecule has 294 valence electrons. The number of hydrogen-bond donors (Lipinski definition) is 2. The number of ether oxygens (including phenoxy) is 2. The van der Waals surface area contributed by atoms with E-state index in [1.165, 1.54) is 11.3 Å². The Morgan fingerprint density at radius 3 is 2.62 bits per heavy atom. The minimum absolute atomic E-state index is 0.0174. The van der Waals surface area contributed by atoms with E-state index in [1.807, 2.05) is 19.2 Å². The van der Waals surface area contributed by atoms with Crippen molar-refractivity contribution in [3.05, 3.63) is 57.9 Å². The SMILES string of the molecule is CCn1c(-c2cc(N3CCN(C)CC3)ccc2[C@H](C)OC)c2c3cc(ccc31)-c1csc(n1)C[C@H](N)C(=O)N1CC3C([C@H](N1)C(=O)OCC(C)(C)C2)C3(F)F. The van der Waals surface area contributed by atoms with Gasteiger partial charge in [0.1, 0.15) is 6.04 Å². The topological polar surface area (TPSA) is 118 Å². The molecule has 3 aliphatic heterocycles. The predicted octanol–water partition coefficient (Wildman–Crippen LogP) is 5.50. The van der Waals surface area contributed by atoms with Crippen LogP contribution in [0.5, 0.6) is 0 Å². The molecule has 0 radical (unpaired) electrons. The van der Waals surface area contributed by atoms with E-state index in [0.29, 0.717) is 18.0 Å². The van der Waals surface area contributed by atoms with Gasteiger partial charge in [-0.05, 0) is 62.7 Å². The van der Waals surface area contributed by atoms with Gasteiger partial charge in [0.2, 0.25) is 0 Å². The number of rotatable bonds is 5. The third-order valence-electron chi connectivity index (χ3n) is 12.1. The summed E-state index contributed by atoms with van der Waals surface area (Å²) >= 11 is 1.41. The largest absolute Gasteiger partial charge is 0.464 e. The number of hydrazine groups is 1. The summed E-state index contributed by atoms with van der Waals surface area (Å²) < 4.78 is 44.4. The van der Waals surface area contributed by atoms with Gasteiger partial charge in [0.15, 0.2) is 0 Å². The van der Waals surface area contributed by atoms with Crippen LogP contribution in [0.15, 0.2) is 41.8 Å². The second-order valence-electron chi connectivity index (χ2n) is 16.5. The Morgan fingerprint density at radius 2 is 1.89 bits per heavy atom. The Hall–Kier alpha value is -3.95. The molecule has 3 N–H and O–H groups in total. The highest BCUT2D eigenvalue weighted by molar-refractivity contribution is 7.10. The predicted molar refractivity (Wildman–Crippen MR) is 210 cm³/mol. The van der Waals surface area contributed by atoms with E-state index >= 15 is 8.78 Å². The molecule has 3 fully saturated rings. The van der Waals surface area contributed by atoms with Crippen LogP contribution in [0.2, 0.25) is 0 Å². The molecule has 6 bridgehead atoms. The highest BCUT2D eigenvalue weighted by Crippen LogP contribution is 2.59. The molecule has 55 heavy (non-hydrogen) atoms. The lowest BCUT2D eigenvalue weighted by molar-refractivity contribution is -0.155. The van der Waals surface area contributed by atoms with Gasteiger partial charge >= 0.3 is 5.97 Å². The molecular formula is C41H51F2N7O4S. The number of nitrogens with one attached hydrogen (secondary N) is 1. The summed E-state index contributed by atoms with van der Waals surface area (Å²) in [7, 11) is 3.88.